The number of hydrogen-bond acceptors (Lipinski definition) is 2. The first-order valence-corrected chi connectivity index (χ1v) is 7.36. The molecule has 0 bridgehead atoms. The molecule has 3 rings (SSSR count). The van der Waals surface area contributed by atoms with Crippen LogP contribution < -0.4 is 0 Å². The number of hydrogen-bond donors (Lipinski definition) is 0. The number of carbonyl (C=O) groups excluding carboxylic acids is 1. The van der Waals surface area contributed by atoms with Gasteiger partial charge in [-0.2, -0.15) is 0 Å². The molecule has 1 aliphatic rings. The molecule has 0 saturated carbocycles. The Labute approximate surface area is 119 Å². The maximum Gasteiger partial charge on any atom is 0.175 e. The van der Waals surface area contributed by atoms with Crippen LogP contribution in [0.15, 0.2) is 36.8 Å². The summed E-state index contributed by atoms with van der Waals surface area (Å²) >= 11 is 0. The lowest BCUT2D eigenvalue weighted by Crippen LogP contribution is -2.35. The summed E-state index contributed by atoms with van der Waals surface area (Å²) in [7, 11) is 0. The first-order valence-electron chi connectivity index (χ1n) is 7.36. The zero-order valence-corrected chi connectivity index (χ0v) is 12.1. The van der Waals surface area contributed by atoms with Crippen LogP contribution in [0.2, 0.25) is 0 Å². The Kier molecular flexibility index (Phi) is 3.20. The molecule has 1 aromatic heterocycles. The van der Waals surface area contributed by atoms with Crippen molar-refractivity contribution in [2.24, 2.45) is 0 Å². The number of imidazole rings is 1. The number of carbonyl (C=O) groups is 1. The molecule has 0 spiro atoms. The second-order valence-corrected chi connectivity index (χ2v) is 5.56. The maximum absolute atomic E-state index is 13.0. The van der Waals surface area contributed by atoms with Gasteiger partial charge in [0.1, 0.15) is 0 Å². The van der Waals surface area contributed by atoms with Gasteiger partial charge in [-0.25, -0.2) is 4.98 Å². The molecule has 3 nitrogen and oxygen atoms in total. The van der Waals surface area contributed by atoms with Crippen molar-refractivity contribution in [2.45, 2.75) is 45.1 Å². The fourth-order valence-corrected chi connectivity index (χ4v) is 3.49. The molecular weight excluding hydrogens is 248 g/mol. The third-order valence-electron chi connectivity index (χ3n) is 4.41. The van der Waals surface area contributed by atoms with Crippen LogP contribution in [0, 0.1) is 0 Å². The van der Waals surface area contributed by atoms with Crippen molar-refractivity contribution in [2.75, 3.05) is 0 Å². The Morgan fingerprint density at radius 1 is 1.30 bits per heavy atom. The second kappa shape index (κ2) is 4.89. The molecule has 1 atom stereocenters. The smallest absolute Gasteiger partial charge is 0.175 e. The summed E-state index contributed by atoms with van der Waals surface area (Å²) in [6.07, 6.45) is 6.40. The molecule has 104 valence electrons. The zero-order valence-electron chi connectivity index (χ0n) is 12.1. The van der Waals surface area contributed by atoms with Crippen LogP contribution in [-0.2, 0) is 18.4 Å². The first-order chi connectivity index (χ1) is 9.73. The van der Waals surface area contributed by atoms with Crippen molar-refractivity contribution in [3.05, 3.63) is 53.6 Å². The van der Waals surface area contributed by atoms with Gasteiger partial charge in [0.2, 0.25) is 0 Å². The monoisotopic (exact) mass is 268 g/mol. The standard InChI is InChI=1S/C17H20N2O/c1-3-9-17(15-11-18-12-19(15)4-2)10-13-7-5-6-8-14(13)16(17)20/h5-8,11-12H,3-4,9-10H2,1-2H3/t17-/m0/s1. The van der Waals surface area contributed by atoms with Crippen LogP contribution in [-0.4, -0.2) is 15.3 Å². The van der Waals surface area contributed by atoms with Gasteiger partial charge in [-0.05, 0) is 25.3 Å². The largest absolute Gasteiger partial charge is 0.334 e. The van der Waals surface area contributed by atoms with E-state index in [-0.39, 0.29) is 5.78 Å². The van der Waals surface area contributed by atoms with Gasteiger partial charge in [0.05, 0.1) is 17.4 Å². The summed E-state index contributed by atoms with van der Waals surface area (Å²) < 4.78 is 2.11. The fraction of sp³-hybridized carbons (Fsp3) is 0.412. The first kappa shape index (κ1) is 13.1. The van der Waals surface area contributed by atoms with E-state index in [1.807, 2.05) is 30.7 Å². The van der Waals surface area contributed by atoms with Gasteiger partial charge in [-0.1, -0.05) is 37.6 Å². The van der Waals surface area contributed by atoms with E-state index in [2.05, 4.69) is 29.5 Å². The summed E-state index contributed by atoms with van der Waals surface area (Å²) in [6.45, 7) is 5.09. The molecule has 0 amide bonds. The summed E-state index contributed by atoms with van der Waals surface area (Å²) in [5.74, 6) is 0.269. The van der Waals surface area contributed by atoms with Crippen molar-refractivity contribution < 1.29 is 4.79 Å². The molecule has 0 unspecified atom stereocenters. The topological polar surface area (TPSA) is 34.9 Å². The van der Waals surface area contributed by atoms with Gasteiger partial charge in [-0.15, -0.1) is 0 Å². The molecule has 3 heteroatoms. The van der Waals surface area contributed by atoms with Crippen LogP contribution in [0.3, 0.4) is 0 Å². The molecule has 0 aliphatic heterocycles. The highest BCUT2D eigenvalue weighted by atomic mass is 16.1. The lowest BCUT2D eigenvalue weighted by Gasteiger charge is -2.28. The Hall–Kier alpha value is -1.90. The number of aryl methyl sites for hydroxylation is 1. The Balaban J connectivity index is 2.15. The van der Waals surface area contributed by atoms with Gasteiger partial charge in [0.25, 0.3) is 0 Å². The van der Waals surface area contributed by atoms with Crippen LogP contribution in [0.4, 0.5) is 0 Å². The Morgan fingerprint density at radius 2 is 2.10 bits per heavy atom. The average Bonchev–Trinajstić information content (AvgIpc) is 3.04. The molecule has 0 fully saturated rings. The van der Waals surface area contributed by atoms with E-state index in [1.54, 1.807) is 0 Å². The van der Waals surface area contributed by atoms with Crippen molar-refractivity contribution >= 4 is 5.78 Å². The lowest BCUT2D eigenvalue weighted by molar-refractivity contribution is 0.0886. The van der Waals surface area contributed by atoms with Crippen LogP contribution in [0.1, 0.15) is 48.3 Å². The zero-order chi connectivity index (χ0) is 14.2. The van der Waals surface area contributed by atoms with E-state index in [1.165, 1.54) is 5.56 Å². The minimum absolute atomic E-state index is 0.269. The van der Waals surface area contributed by atoms with Gasteiger partial charge >= 0.3 is 0 Å². The quantitative estimate of drug-likeness (QED) is 0.852. The minimum atomic E-state index is -0.412. The van der Waals surface area contributed by atoms with Crippen LogP contribution in [0.5, 0.6) is 0 Å². The summed E-state index contributed by atoms with van der Waals surface area (Å²) in [4.78, 5) is 17.3. The predicted octanol–water partition coefficient (Wildman–Crippen LogP) is 3.38. The molecule has 1 aliphatic carbocycles. The third-order valence-corrected chi connectivity index (χ3v) is 4.41. The maximum atomic E-state index is 13.0. The molecule has 1 aromatic carbocycles. The SMILES string of the molecule is CCC[C@@]1(c2cncn2CC)Cc2ccccc2C1=O. The van der Waals surface area contributed by atoms with Gasteiger partial charge < -0.3 is 4.57 Å². The normalized spacial score (nSPS) is 21.2. The number of Topliss-reactive ketones (excluding diaryl/α,β-unsaturated/α-hetero) is 1. The number of ketones is 1. The second-order valence-electron chi connectivity index (χ2n) is 5.56. The summed E-state index contributed by atoms with van der Waals surface area (Å²) in [5, 5.41) is 0. The highest BCUT2D eigenvalue weighted by Crippen LogP contribution is 2.42. The van der Waals surface area contributed by atoms with Crippen LogP contribution >= 0.6 is 0 Å². The summed E-state index contributed by atoms with van der Waals surface area (Å²) in [6, 6.07) is 8.01. The molecule has 0 radical (unpaired) electrons. The average molecular weight is 268 g/mol. The lowest BCUT2D eigenvalue weighted by atomic mass is 9.76. The van der Waals surface area contributed by atoms with Crippen molar-refractivity contribution in [3.63, 3.8) is 0 Å². The van der Waals surface area contributed by atoms with E-state index in [0.29, 0.717) is 0 Å². The Morgan fingerprint density at radius 3 is 2.80 bits per heavy atom. The van der Waals surface area contributed by atoms with Gasteiger partial charge in [0.15, 0.2) is 5.78 Å². The predicted molar refractivity (Wildman–Crippen MR) is 79.0 cm³/mol. The number of fused-ring (bicyclic) bond motifs is 1. The molecule has 0 saturated heterocycles. The Bertz CT molecular complexity index is 644. The van der Waals surface area contributed by atoms with E-state index in [9.17, 15) is 4.79 Å². The number of rotatable bonds is 4. The van der Waals surface area contributed by atoms with Crippen molar-refractivity contribution in [3.8, 4) is 0 Å². The highest BCUT2D eigenvalue weighted by molar-refractivity contribution is 6.08. The van der Waals surface area contributed by atoms with Crippen molar-refractivity contribution in [1.29, 1.82) is 0 Å². The van der Waals surface area contributed by atoms with E-state index in [0.717, 1.165) is 37.1 Å². The van der Waals surface area contributed by atoms with Gasteiger partial charge in [-0.3, -0.25) is 4.79 Å². The fourth-order valence-electron chi connectivity index (χ4n) is 3.49. The number of benzene rings is 1. The van der Waals surface area contributed by atoms with Crippen molar-refractivity contribution in [1.82, 2.24) is 9.55 Å². The number of nitrogens with zero attached hydrogens (tertiary/aromatic N) is 2. The van der Waals surface area contributed by atoms with Gasteiger partial charge in [0, 0.05) is 18.3 Å². The third kappa shape index (κ3) is 1.73. The number of aromatic nitrogens is 2. The molecule has 0 N–H and O–H groups in total. The molecule has 1 heterocycles. The van der Waals surface area contributed by atoms with E-state index < -0.39 is 5.41 Å². The van der Waals surface area contributed by atoms with E-state index >= 15 is 0 Å². The highest BCUT2D eigenvalue weighted by Gasteiger charge is 2.47. The van der Waals surface area contributed by atoms with Crippen LogP contribution in [0.25, 0.3) is 0 Å². The summed E-state index contributed by atoms with van der Waals surface area (Å²) in [5.41, 5.74) is 2.73. The minimum Gasteiger partial charge on any atom is -0.334 e. The molecular formula is C17H20N2O. The molecule has 20 heavy (non-hydrogen) atoms. The molecule has 2 aromatic rings. The van der Waals surface area contributed by atoms with E-state index in [4.69, 9.17) is 0 Å².